The van der Waals surface area contributed by atoms with Crippen LogP contribution in [0, 0.1) is 23.7 Å². The maximum atomic E-state index is 12.9. The molecule has 0 aromatic heterocycles. The Morgan fingerprint density at radius 1 is 0.857 bits per heavy atom. The van der Waals surface area contributed by atoms with E-state index in [1.807, 2.05) is 0 Å². The monoisotopic (exact) mass is 476 g/mol. The Morgan fingerprint density at radius 2 is 1.49 bits per heavy atom. The highest BCUT2D eigenvalue weighted by Crippen LogP contribution is 2.42. The van der Waals surface area contributed by atoms with Crippen molar-refractivity contribution in [3.8, 4) is 11.5 Å². The number of imide groups is 1. The molecule has 1 saturated carbocycles. The van der Waals surface area contributed by atoms with Crippen molar-refractivity contribution in [3.05, 3.63) is 48.5 Å². The molecular formula is C27H28N2O6. The van der Waals surface area contributed by atoms with Gasteiger partial charge >= 0.3 is 5.97 Å². The number of benzene rings is 2. The second kappa shape index (κ2) is 9.17. The highest BCUT2D eigenvalue weighted by atomic mass is 16.5. The minimum absolute atomic E-state index is 0.0704. The third-order valence-electron chi connectivity index (χ3n) is 7.34. The normalized spacial score (nSPS) is 26.2. The van der Waals surface area contributed by atoms with Crippen LogP contribution in [0.3, 0.4) is 0 Å². The fourth-order valence-electron chi connectivity index (χ4n) is 5.38. The van der Waals surface area contributed by atoms with Crippen LogP contribution in [-0.4, -0.2) is 37.3 Å². The number of ether oxygens (including phenoxy) is 2. The molecule has 5 rings (SSSR count). The Morgan fingerprint density at radius 3 is 2.17 bits per heavy atom. The highest BCUT2D eigenvalue weighted by molar-refractivity contribution is 6.22. The average molecular weight is 477 g/mol. The van der Waals surface area contributed by atoms with E-state index < -0.39 is 11.9 Å². The van der Waals surface area contributed by atoms with Gasteiger partial charge in [0.15, 0.2) is 0 Å². The zero-order valence-corrected chi connectivity index (χ0v) is 19.8. The van der Waals surface area contributed by atoms with Crippen molar-refractivity contribution in [1.29, 1.82) is 0 Å². The van der Waals surface area contributed by atoms with E-state index in [4.69, 9.17) is 9.47 Å². The minimum Gasteiger partial charge on any atom is -0.497 e. The quantitative estimate of drug-likeness (QED) is 0.372. The predicted molar refractivity (Wildman–Crippen MR) is 128 cm³/mol. The van der Waals surface area contributed by atoms with Gasteiger partial charge in [0.25, 0.3) is 0 Å². The smallest absolute Gasteiger partial charge is 0.316 e. The average Bonchev–Trinajstić information content (AvgIpc) is 3.37. The molecular weight excluding hydrogens is 448 g/mol. The van der Waals surface area contributed by atoms with Crippen LogP contribution in [0.25, 0.3) is 0 Å². The van der Waals surface area contributed by atoms with Crippen molar-refractivity contribution in [2.45, 2.75) is 32.6 Å². The molecule has 2 heterocycles. The zero-order valence-electron chi connectivity index (χ0n) is 19.8. The van der Waals surface area contributed by atoms with Crippen molar-refractivity contribution in [2.75, 3.05) is 23.5 Å². The molecule has 0 unspecified atom stereocenters. The number of methoxy groups -OCH3 is 1. The summed E-state index contributed by atoms with van der Waals surface area (Å²) in [4.78, 5) is 53.9. The molecule has 0 radical (unpaired) electrons. The molecule has 3 amide bonds. The highest BCUT2D eigenvalue weighted by Gasteiger charge is 2.50. The van der Waals surface area contributed by atoms with Crippen LogP contribution in [-0.2, 0) is 19.2 Å². The van der Waals surface area contributed by atoms with Crippen LogP contribution in [0.4, 0.5) is 11.4 Å². The third-order valence-corrected chi connectivity index (χ3v) is 7.34. The van der Waals surface area contributed by atoms with Crippen molar-refractivity contribution in [3.63, 3.8) is 0 Å². The topological polar surface area (TPSA) is 93.2 Å². The number of amides is 3. The first-order valence-corrected chi connectivity index (χ1v) is 12.0. The molecule has 3 aliphatic rings. The summed E-state index contributed by atoms with van der Waals surface area (Å²) in [7, 11) is 1.57. The Balaban J connectivity index is 1.23. The van der Waals surface area contributed by atoms with Crippen molar-refractivity contribution < 1.29 is 28.7 Å². The molecule has 4 atom stereocenters. The number of esters is 1. The van der Waals surface area contributed by atoms with E-state index in [2.05, 4.69) is 6.92 Å². The molecule has 2 aromatic carbocycles. The maximum Gasteiger partial charge on any atom is 0.316 e. The van der Waals surface area contributed by atoms with Crippen molar-refractivity contribution in [1.82, 2.24) is 0 Å². The SMILES string of the molecule is COc1ccc(N2C[C@H](C(=O)Oc3ccc(N4C(=O)[C@@H]5CC[C@@H](C)C[C@H]5C4=O)cc3)CC2=O)cc1. The molecule has 0 bridgehead atoms. The van der Waals surface area contributed by atoms with Crippen LogP contribution < -0.4 is 19.3 Å². The van der Waals surface area contributed by atoms with E-state index in [1.54, 1.807) is 60.5 Å². The van der Waals surface area contributed by atoms with Gasteiger partial charge < -0.3 is 14.4 Å². The molecule has 3 fully saturated rings. The van der Waals surface area contributed by atoms with Gasteiger partial charge in [-0.15, -0.1) is 0 Å². The number of carbonyl (C=O) groups excluding carboxylic acids is 4. The fraction of sp³-hybridized carbons (Fsp3) is 0.407. The predicted octanol–water partition coefficient (Wildman–Crippen LogP) is 3.58. The summed E-state index contributed by atoms with van der Waals surface area (Å²) < 4.78 is 10.7. The van der Waals surface area contributed by atoms with E-state index in [-0.39, 0.29) is 42.5 Å². The number of rotatable bonds is 5. The lowest BCUT2D eigenvalue weighted by atomic mass is 9.76. The minimum atomic E-state index is -0.587. The summed E-state index contributed by atoms with van der Waals surface area (Å²) in [6, 6.07) is 13.5. The van der Waals surface area contributed by atoms with Crippen LogP contribution in [0.2, 0.25) is 0 Å². The van der Waals surface area contributed by atoms with E-state index in [1.165, 1.54) is 4.90 Å². The van der Waals surface area contributed by atoms with Gasteiger partial charge in [-0.05, 0) is 73.7 Å². The molecule has 8 heteroatoms. The largest absolute Gasteiger partial charge is 0.497 e. The van der Waals surface area contributed by atoms with Crippen LogP contribution >= 0.6 is 0 Å². The van der Waals surface area contributed by atoms with Gasteiger partial charge in [-0.1, -0.05) is 6.92 Å². The lowest BCUT2D eigenvalue weighted by molar-refractivity contribution is -0.139. The second-order valence-electron chi connectivity index (χ2n) is 9.66. The van der Waals surface area contributed by atoms with Crippen LogP contribution in [0.5, 0.6) is 11.5 Å². The van der Waals surface area contributed by atoms with Gasteiger partial charge in [-0.3, -0.25) is 24.1 Å². The van der Waals surface area contributed by atoms with Gasteiger partial charge in [-0.25, -0.2) is 0 Å². The van der Waals surface area contributed by atoms with Gasteiger partial charge in [0.05, 0.1) is 30.6 Å². The first-order valence-electron chi connectivity index (χ1n) is 12.0. The molecule has 2 saturated heterocycles. The molecule has 2 aromatic rings. The lowest BCUT2D eigenvalue weighted by Gasteiger charge is -2.25. The summed E-state index contributed by atoms with van der Waals surface area (Å²) in [5.74, 6) is -0.537. The first kappa shape index (κ1) is 23.1. The van der Waals surface area contributed by atoms with E-state index in [0.717, 1.165) is 19.3 Å². The van der Waals surface area contributed by atoms with E-state index in [0.29, 0.717) is 28.8 Å². The third kappa shape index (κ3) is 4.29. The fourth-order valence-corrected chi connectivity index (χ4v) is 5.38. The molecule has 35 heavy (non-hydrogen) atoms. The van der Waals surface area contributed by atoms with Crippen LogP contribution in [0.15, 0.2) is 48.5 Å². The summed E-state index contributed by atoms with van der Waals surface area (Å²) in [6.07, 6.45) is 2.52. The Hall–Kier alpha value is -3.68. The summed E-state index contributed by atoms with van der Waals surface area (Å²) in [5.41, 5.74) is 1.19. The van der Waals surface area contributed by atoms with Gasteiger partial charge in [0, 0.05) is 18.7 Å². The molecule has 182 valence electrons. The molecule has 1 aliphatic carbocycles. The molecule has 0 spiro atoms. The Bertz CT molecular complexity index is 1160. The van der Waals surface area contributed by atoms with Crippen LogP contribution in [0.1, 0.15) is 32.6 Å². The second-order valence-corrected chi connectivity index (χ2v) is 9.66. The van der Waals surface area contributed by atoms with Crippen molar-refractivity contribution >= 4 is 35.1 Å². The number of hydrogen-bond donors (Lipinski definition) is 0. The number of anilines is 2. The zero-order chi connectivity index (χ0) is 24.7. The van der Waals surface area contributed by atoms with E-state index >= 15 is 0 Å². The van der Waals surface area contributed by atoms with Gasteiger partial charge in [0.2, 0.25) is 17.7 Å². The van der Waals surface area contributed by atoms with Crippen molar-refractivity contribution in [2.24, 2.45) is 23.7 Å². The standard InChI is InChI=1S/C27H28N2O6/c1-16-3-12-22-23(13-16)26(32)29(25(22)31)19-6-10-21(11-7-19)35-27(33)17-14-24(30)28(15-17)18-4-8-20(34-2)9-5-18/h4-11,16-17,22-23H,3,12-15H2,1-2H3/t16-,17-,22-,23-/m1/s1. The summed E-state index contributed by atoms with van der Waals surface area (Å²) in [5, 5.41) is 0. The number of nitrogens with zero attached hydrogens (tertiary/aromatic N) is 2. The van der Waals surface area contributed by atoms with E-state index in [9.17, 15) is 19.2 Å². The summed E-state index contributed by atoms with van der Waals surface area (Å²) in [6.45, 7) is 2.36. The Labute approximate surface area is 203 Å². The summed E-state index contributed by atoms with van der Waals surface area (Å²) >= 11 is 0. The van der Waals surface area contributed by atoms with Gasteiger partial charge in [0.1, 0.15) is 11.5 Å². The Kier molecular flexibility index (Phi) is 6.05. The lowest BCUT2D eigenvalue weighted by Crippen LogP contribution is -2.30. The molecule has 0 N–H and O–H groups in total. The molecule has 8 nitrogen and oxygen atoms in total. The number of fused-ring (bicyclic) bond motifs is 1. The molecule has 2 aliphatic heterocycles. The first-order chi connectivity index (χ1) is 16.9. The maximum absolute atomic E-state index is 12.9. The van der Waals surface area contributed by atoms with Gasteiger partial charge in [-0.2, -0.15) is 0 Å². The number of carbonyl (C=O) groups is 4. The number of hydrogen-bond acceptors (Lipinski definition) is 6.